The molecule has 1 heterocycles. The van der Waals surface area contributed by atoms with E-state index < -0.39 is 11.5 Å². The molecular weight excluding hydrogens is 406 g/mol. The Bertz CT molecular complexity index is 1260. The van der Waals surface area contributed by atoms with Gasteiger partial charge in [0, 0.05) is 10.6 Å². The Kier molecular flexibility index (Phi) is 5.95. The zero-order chi connectivity index (χ0) is 21.8. The van der Waals surface area contributed by atoms with Crippen LogP contribution in [0.5, 0.6) is 5.75 Å². The monoisotopic (exact) mass is 421 g/mol. The number of phenolic OH excluding ortho intramolecular Hbond substituents is 1. The maximum absolute atomic E-state index is 12.7. The maximum Gasteiger partial charge on any atom is 0.292 e. The first-order valence-corrected chi connectivity index (χ1v) is 9.12. The fourth-order valence-electron chi connectivity index (χ4n) is 2.62. The molecule has 0 unspecified atom stereocenters. The molecule has 3 aromatic rings. The number of hydrazone groups is 1. The van der Waals surface area contributed by atoms with E-state index in [0.717, 1.165) is 10.2 Å². The Labute approximate surface area is 176 Å². The number of rotatable bonds is 4. The number of nitrogens with zero attached hydrogens (tertiary/aromatic N) is 4. The highest BCUT2D eigenvalue weighted by Crippen LogP contribution is 2.19. The molecule has 30 heavy (non-hydrogen) atoms. The van der Waals surface area contributed by atoms with Gasteiger partial charge in [0.2, 0.25) is 0 Å². The predicted octanol–water partition coefficient (Wildman–Crippen LogP) is 2.84. The van der Waals surface area contributed by atoms with Gasteiger partial charge in [-0.15, -0.1) is 0 Å². The average Bonchev–Trinajstić information content (AvgIpc) is 2.72. The van der Waals surface area contributed by atoms with E-state index in [1.165, 1.54) is 31.3 Å². The lowest BCUT2D eigenvalue weighted by Crippen LogP contribution is -2.31. The van der Waals surface area contributed by atoms with Crippen molar-refractivity contribution >= 4 is 23.7 Å². The first kappa shape index (κ1) is 20.8. The van der Waals surface area contributed by atoms with Gasteiger partial charge in [-0.05, 0) is 61.4 Å². The molecule has 1 aromatic heterocycles. The first-order valence-electron chi connectivity index (χ1n) is 8.75. The van der Waals surface area contributed by atoms with Crippen molar-refractivity contribution in [2.45, 2.75) is 13.8 Å². The highest BCUT2D eigenvalue weighted by Gasteiger charge is 2.20. The van der Waals surface area contributed by atoms with Crippen LogP contribution in [0.25, 0.3) is 5.69 Å². The minimum Gasteiger partial charge on any atom is -0.508 e. The third kappa shape index (κ3) is 4.21. The average molecular weight is 422 g/mol. The number of halogens is 1. The molecule has 0 saturated heterocycles. The largest absolute Gasteiger partial charge is 0.508 e. The van der Waals surface area contributed by atoms with Gasteiger partial charge >= 0.3 is 0 Å². The second kappa shape index (κ2) is 8.59. The van der Waals surface area contributed by atoms with Crippen LogP contribution in [0.1, 0.15) is 32.7 Å². The fourth-order valence-corrected chi connectivity index (χ4v) is 2.79. The number of carbonyl (C=O) groups excluding carboxylic acids is 1. The van der Waals surface area contributed by atoms with E-state index in [1.807, 2.05) is 13.0 Å². The molecule has 0 aliphatic carbocycles. The smallest absolute Gasteiger partial charge is 0.292 e. The van der Waals surface area contributed by atoms with E-state index >= 15 is 0 Å². The van der Waals surface area contributed by atoms with Gasteiger partial charge in [0.15, 0.2) is 5.69 Å². The zero-order valence-electron chi connectivity index (χ0n) is 16.0. The molecule has 0 spiro atoms. The van der Waals surface area contributed by atoms with Crippen molar-refractivity contribution in [3.8, 4) is 17.5 Å². The highest BCUT2D eigenvalue weighted by molar-refractivity contribution is 6.31. The van der Waals surface area contributed by atoms with Crippen molar-refractivity contribution < 1.29 is 9.90 Å². The van der Waals surface area contributed by atoms with E-state index in [-0.39, 0.29) is 22.6 Å². The van der Waals surface area contributed by atoms with Gasteiger partial charge < -0.3 is 5.11 Å². The Morgan fingerprint density at radius 1 is 1.27 bits per heavy atom. The van der Waals surface area contributed by atoms with Crippen LogP contribution in [-0.2, 0) is 0 Å². The van der Waals surface area contributed by atoms with Crippen molar-refractivity contribution in [1.82, 2.24) is 15.2 Å². The molecule has 2 aromatic carbocycles. The third-order valence-corrected chi connectivity index (χ3v) is 4.74. The summed E-state index contributed by atoms with van der Waals surface area (Å²) in [5, 5.41) is 27.1. The summed E-state index contributed by atoms with van der Waals surface area (Å²) in [6.07, 6.45) is 1.38. The summed E-state index contributed by atoms with van der Waals surface area (Å²) >= 11 is 6.14. The third-order valence-electron chi connectivity index (χ3n) is 4.34. The molecule has 1 amide bonds. The summed E-state index contributed by atoms with van der Waals surface area (Å²) in [6.45, 7) is 3.28. The molecular formula is C21H16ClN5O3. The minimum atomic E-state index is -0.689. The van der Waals surface area contributed by atoms with Crippen molar-refractivity contribution in [2.75, 3.05) is 0 Å². The quantitative estimate of drug-likeness (QED) is 0.495. The Balaban J connectivity index is 1.98. The summed E-state index contributed by atoms with van der Waals surface area (Å²) in [5.41, 5.74) is 3.29. The predicted molar refractivity (Wildman–Crippen MR) is 112 cm³/mol. The first-order chi connectivity index (χ1) is 14.3. The van der Waals surface area contributed by atoms with Crippen molar-refractivity contribution in [1.29, 1.82) is 5.26 Å². The molecule has 0 fully saturated rings. The molecule has 0 radical (unpaired) electrons. The highest BCUT2D eigenvalue weighted by atomic mass is 35.5. The number of hydrogen-bond donors (Lipinski definition) is 2. The van der Waals surface area contributed by atoms with E-state index in [4.69, 9.17) is 11.6 Å². The van der Waals surface area contributed by atoms with Crippen LogP contribution in [0.15, 0.2) is 52.4 Å². The van der Waals surface area contributed by atoms with Crippen LogP contribution in [0.2, 0.25) is 5.02 Å². The molecule has 8 nitrogen and oxygen atoms in total. The number of amides is 1. The molecule has 0 atom stereocenters. The minimum absolute atomic E-state index is 0.110. The van der Waals surface area contributed by atoms with Crippen LogP contribution >= 0.6 is 11.6 Å². The van der Waals surface area contributed by atoms with Crippen molar-refractivity contribution in [3.05, 3.63) is 85.8 Å². The maximum atomic E-state index is 12.7. The second-order valence-electron chi connectivity index (χ2n) is 6.40. The Morgan fingerprint density at radius 2 is 1.97 bits per heavy atom. The zero-order valence-corrected chi connectivity index (χ0v) is 16.8. The molecule has 0 bridgehead atoms. The van der Waals surface area contributed by atoms with E-state index in [1.54, 1.807) is 24.3 Å². The Morgan fingerprint density at radius 3 is 2.60 bits per heavy atom. The van der Waals surface area contributed by atoms with Crippen LogP contribution in [0.3, 0.4) is 0 Å². The number of aromatic hydroxyl groups is 1. The number of aryl methyl sites for hydroxylation is 1. The van der Waals surface area contributed by atoms with Gasteiger partial charge in [-0.25, -0.2) is 5.43 Å². The second-order valence-corrected chi connectivity index (χ2v) is 6.81. The van der Waals surface area contributed by atoms with Gasteiger partial charge in [0.05, 0.1) is 11.9 Å². The number of benzene rings is 2. The fraction of sp³-hybridized carbons (Fsp3) is 0.0952. The molecule has 9 heteroatoms. The standard InChI is InChI=1S/C21H16ClN5O3/c1-12-3-6-15(9-18(12)22)27-21(30)17(10-23)13(2)19(26-27)20(29)25-24-11-14-4-7-16(28)8-5-14/h3-9,11,28H,1-2H3,(H,25,29)/b24-11+. The molecule has 0 aliphatic rings. The van der Waals surface area contributed by atoms with E-state index in [2.05, 4.69) is 15.6 Å². The van der Waals surface area contributed by atoms with E-state index in [9.17, 15) is 20.0 Å². The van der Waals surface area contributed by atoms with Gasteiger partial charge in [0.1, 0.15) is 17.4 Å². The van der Waals surface area contributed by atoms with Crippen LogP contribution < -0.4 is 11.0 Å². The SMILES string of the molecule is Cc1ccc(-n2nc(C(=O)N/N=C/c3ccc(O)cc3)c(C)c(C#N)c2=O)cc1Cl. The number of carbonyl (C=O) groups is 1. The number of nitrogens with one attached hydrogen (secondary N) is 1. The number of hydrogen-bond acceptors (Lipinski definition) is 6. The van der Waals surface area contributed by atoms with Gasteiger partial charge in [0.25, 0.3) is 11.5 Å². The summed E-state index contributed by atoms with van der Waals surface area (Å²) in [6, 6.07) is 12.9. The summed E-state index contributed by atoms with van der Waals surface area (Å²) in [4.78, 5) is 25.3. The summed E-state index contributed by atoms with van der Waals surface area (Å²) < 4.78 is 0.968. The molecule has 2 N–H and O–H groups in total. The van der Waals surface area contributed by atoms with Crippen LogP contribution in [0, 0.1) is 25.2 Å². The van der Waals surface area contributed by atoms with Crippen molar-refractivity contribution in [3.63, 3.8) is 0 Å². The molecule has 0 aliphatic heterocycles. The topological polar surface area (TPSA) is 120 Å². The lowest BCUT2D eigenvalue weighted by atomic mass is 10.1. The lowest BCUT2D eigenvalue weighted by molar-refractivity contribution is 0.0947. The normalized spacial score (nSPS) is 10.7. The van der Waals surface area contributed by atoms with E-state index in [0.29, 0.717) is 16.3 Å². The summed E-state index contributed by atoms with van der Waals surface area (Å²) in [5.74, 6) is -0.579. The van der Waals surface area contributed by atoms with Gasteiger partial charge in [-0.3, -0.25) is 9.59 Å². The summed E-state index contributed by atoms with van der Waals surface area (Å²) in [7, 11) is 0. The Hall–Kier alpha value is -3.96. The van der Waals surface area contributed by atoms with Gasteiger partial charge in [-0.2, -0.15) is 20.1 Å². The number of phenols is 1. The molecule has 150 valence electrons. The van der Waals surface area contributed by atoms with Crippen LogP contribution in [0.4, 0.5) is 0 Å². The lowest BCUT2D eigenvalue weighted by Gasteiger charge is -2.11. The number of nitriles is 1. The molecule has 0 saturated carbocycles. The number of aromatic nitrogens is 2. The molecule has 3 rings (SSSR count). The van der Waals surface area contributed by atoms with Gasteiger partial charge in [-0.1, -0.05) is 17.7 Å². The van der Waals surface area contributed by atoms with Crippen LogP contribution in [-0.4, -0.2) is 27.0 Å². The van der Waals surface area contributed by atoms with Crippen molar-refractivity contribution in [2.24, 2.45) is 5.10 Å².